The van der Waals surface area contributed by atoms with Gasteiger partial charge in [0.25, 0.3) is 0 Å². The summed E-state index contributed by atoms with van der Waals surface area (Å²) in [6.07, 6.45) is -4.67. The van der Waals surface area contributed by atoms with Gasteiger partial charge in [-0.3, -0.25) is 0 Å². The molecule has 0 aliphatic heterocycles. The second kappa shape index (κ2) is 6.70. The van der Waals surface area contributed by atoms with Gasteiger partial charge in [-0.2, -0.15) is 0 Å². The van der Waals surface area contributed by atoms with E-state index < -0.39 is 6.36 Å². The molecule has 0 amide bonds. The highest BCUT2D eigenvalue weighted by Gasteiger charge is 2.31. The van der Waals surface area contributed by atoms with E-state index in [9.17, 15) is 13.2 Å². The van der Waals surface area contributed by atoms with Crippen molar-refractivity contribution in [1.82, 2.24) is 0 Å². The van der Waals surface area contributed by atoms with E-state index in [1.54, 1.807) is 0 Å². The van der Waals surface area contributed by atoms with Crippen molar-refractivity contribution >= 4 is 15.9 Å². The molecule has 0 spiro atoms. The zero-order valence-electron chi connectivity index (χ0n) is 11.6. The SMILES string of the molecule is CC(C)(C)C(CBr)COc1ccc(OC(F)(F)F)cc1. The molecule has 1 unspecified atom stereocenters. The van der Waals surface area contributed by atoms with Crippen LogP contribution in [0, 0.1) is 11.3 Å². The molecule has 0 radical (unpaired) electrons. The van der Waals surface area contributed by atoms with Gasteiger partial charge in [0.2, 0.25) is 0 Å². The van der Waals surface area contributed by atoms with E-state index in [-0.39, 0.29) is 11.2 Å². The predicted octanol–water partition coefficient (Wildman–Crippen LogP) is 5.02. The third kappa shape index (κ3) is 6.03. The lowest BCUT2D eigenvalue weighted by molar-refractivity contribution is -0.274. The number of alkyl halides is 4. The first kappa shape index (κ1) is 17.1. The number of rotatable bonds is 5. The molecule has 1 atom stereocenters. The Morgan fingerprint density at radius 1 is 1.05 bits per heavy atom. The minimum atomic E-state index is -4.67. The molecule has 1 aromatic carbocycles. The molecule has 6 heteroatoms. The van der Waals surface area contributed by atoms with Crippen molar-refractivity contribution < 1.29 is 22.6 Å². The van der Waals surface area contributed by atoms with E-state index in [0.717, 1.165) is 5.33 Å². The van der Waals surface area contributed by atoms with Gasteiger partial charge in [0.1, 0.15) is 11.5 Å². The summed E-state index contributed by atoms with van der Waals surface area (Å²) in [6.45, 7) is 6.84. The molecule has 0 aromatic heterocycles. The summed E-state index contributed by atoms with van der Waals surface area (Å²) < 4.78 is 45.4. The zero-order chi connectivity index (χ0) is 15.4. The molecule has 1 rings (SSSR count). The van der Waals surface area contributed by atoms with Crippen LogP contribution in [0.5, 0.6) is 11.5 Å². The number of ether oxygens (including phenoxy) is 2. The quantitative estimate of drug-likeness (QED) is 0.691. The fourth-order valence-electron chi connectivity index (χ4n) is 1.46. The molecule has 0 aliphatic rings. The molecule has 0 aliphatic carbocycles. The van der Waals surface area contributed by atoms with Crippen molar-refractivity contribution in [1.29, 1.82) is 0 Å². The average Bonchev–Trinajstić information content (AvgIpc) is 2.28. The fraction of sp³-hybridized carbons (Fsp3) is 0.571. The molecule has 0 saturated carbocycles. The van der Waals surface area contributed by atoms with E-state index in [2.05, 4.69) is 41.4 Å². The third-order valence-corrected chi connectivity index (χ3v) is 3.70. The van der Waals surface area contributed by atoms with Crippen LogP contribution in [0.15, 0.2) is 24.3 Å². The van der Waals surface area contributed by atoms with Crippen LogP contribution in [0.4, 0.5) is 13.2 Å². The van der Waals surface area contributed by atoms with Crippen molar-refractivity contribution in [3.8, 4) is 11.5 Å². The van der Waals surface area contributed by atoms with Gasteiger partial charge < -0.3 is 9.47 Å². The van der Waals surface area contributed by atoms with Crippen molar-refractivity contribution in [3.05, 3.63) is 24.3 Å². The van der Waals surface area contributed by atoms with Gasteiger partial charge in [0, 0.05) is 11.2 Å². The van der Waals surface area contributed by atoms with E-state index in [0.29, 0.717) is 18.3 Å². The Morgan fingerprint density at radius 2 is 1.55 bits per heavy atom. The second-order valence-corrected chi connectivity index (χ2v) is 6.19. The highest BCUT2D eigenvalue weighted by molar-refractivity contribution is 9.09. The summed E-state index contributed by atoms with van der Waals surface area (Å²) in [5.74, 6) is 0.570. The Morgan fingerprint density at radius 3 is 1.95 bits per heavy atom. The smallest absolute Gasteiger partial charge is 0.493 e. The number of halogens is 4. The Labute approximate surface area is 125 Å². The number of hydrogen-bond donors (Lipinski definition) is 0. The molecule has 2 nitrogen and oxygen atoms in total. The first-order valence-corrected chi connectivity index (χ1v) is 7.28. The largest absolute Gasteiger partial charge is 0.573 e. The van der Waals surface area contributed by atoms with Gasteiger partial charge in [-0.15, -0.1) is 13.2 Å². The van der Waals surface area contributed by atoms with E-state index in [1.165, 1.54) is 24.3 Å². The lowest BCUT2D eigenvalue weighted by Gasteiger charge is -2.29. The summed E-state index contributed by atoms with van der Waals surface area (Å²) in [5, 5.41) is 0.797. The van der Waals surface area contributed by atoms with Crippen molar-refractivity contribution in [2.45, 2.75) is 27.1 Å². The maximum Gasteiger partial charge on any atom is 0.573 e. The van der Waals surface area contributed by atoms with Crippen LogP contribution < -0.4 is 9.47 Å². The summed E-state index contributed by atoms with van der Waals surface area (Å²) in [5.41, 5.74) is 0.0861. The molecular formula is C14H18BrF3O2. The molecule has 0 N–H and O–H groups in total. The summed E-state index contributed by atoms with van der Waals surface area (Å²) >= 11 is 3.44. The van der Waals surface area contributed by atoms with Gasteiger partial charge in [0.05, 0.1) is 6.61 Å². The van der Waals surface area contributed by atoms with Gasteiger partial charge >= 0.3 is 6.36 Å². The van der Waals surface area contributed by atoms with Gasteiger partial charge in [-0.05, 0) is 29.7 Å². The highest BCUT2D eigenvalue weighted by Crippen LogP contribution is 2.29. The van der Waals surface area contributed by atoms with E-state index >= 15 is 0 Å². The van der Waals surface area contributed by atoms with Crippen LogP contribution in [-0.2, 0) is 0 Å². The molecule has 114 valence electrons. The third-order valence-electron chi connectivity index (χ3n) is 2.92. The lowest BCUT2D eigenvalue weighted by Crippen LogP contribution is -2.27. The Balaban J connectivity index is 2.58. The van der Waals surface area contributed by atoms with E-state index in [1.807, 2.05) is 0 Å². The molecule has 0 saturated heterocycles. The van der Waals surface area contributed by atoms with Crippen LogP contribution in [0.2, 0.25) is 0 Å². The van der Waals surface area contributed by atoms with Gasteiger partial charge in [-0.25, -0.2) is 0 Å². The number of hydrogen-bond acceptors (Lipinski definition) is 2. The highest BCUT2D eigenvalue weighted by atomic mass is 79.9. The maximum atomic E-state index is 12.0. The Kier molecular flexibility index (Phi) is 5.74. The van der Waals surface area contributed by atoms with Crippen LogP contribution in [0.25, 0.3) is 0 Å². The topological polar surface area (TPSA) is 18.5 Å². The average molecular weight is 355 g/mol. The van der Waals surface area contributed by atoms with E-state index in [4.69, 9.17) is 4.74 Å². The monoisotopic (exact) mass is 354 g/mol. The number of benzene rings is 1. The molecule has 0 fully saturated rings. The van der Waals surface area contributed by atoms with Crippen molar-refractivity contribution in [3.63, 3.8) is 0 Å². The maximum absolute atomic E-state index is 12.0. The Bertz CT molecular complexity index is 410. The van der Waals surface area contributed by atoms with Crippen molar-refractivity contribution in [2.75, 3.05) is 11.9 Å². The van der Waals surface area contributed by atoms with Crippen LogP contribution >= 0.6 is 15.9 Å². The minimum Gasteiger partial charge on any atom is -0.493 e. The first-order chi connectivity index (χ1) is 9.12. The Hall–Kier alpha value is -0.910. The summed E-state index contributed by atoms with van der Waals surface area (Å²) in [7, 11) is 0. The minimum absolute atomic E-state index is 0.0861. The molecular weight excluding hydrogens is 337 g/mol. The summed E-state index contributed by atoms with van der Waals surface area (Å²) in [6, 6.07) is 5.41. The molecule has 0 heterocycles. The van der Waals surface area contributed by atoms with Gasteiger partial charge in [-0.1, -0.05) is 36.7 Å². The van der Waals surface area contributed by atoms with Gasteiger partial charge in [0.15, 0.2) is 0 Å². The standard InChI is InChI=1S/C14H18BrF3O2/c1-13(2,3)10(8-15)9-19-11-4-6-12(7-5-11)20-14(16,17)18/h4-7,10H,8-9H2,1-3H3. The fourth-order valence-corrected chi connectivity index (χ4v) is 2.62. The predicted molar refractivity (Wildman–Crippen MR) is 75.4 cm³/mol. The first-order valence-electron chi connectivity index (χ1n) is 6.16. The normalized spacial score (nSPS) is 13.9. The molecule has 0 bridgehead atoms. The zero-order valence-corrected chi connectivity index (χ0v) is 13.2. The molecule has 1 aromatic rings. The lowest BCUT2D eigenvalue weighted by atomic mass is 9.83. The summed E-state index contributed by atoms with van der Waals surface area (Å²) in [4.78, 5) is 0. The van der Waals surface area contributed by atoms with Crippen molar-refractivity contribution in [2.24, 2.45) is 11.3 Å². The second-order valence-electron chi connectivity index (χ2n) is 5.55. The molecule has 20 heavy (non-hydrogen) atoms. The van der Waals surface area contributed by atoms with Crippen LogP contribution in [0.1, 0.15) is 20.8 Å². The van der Waals surface area contributed by atoms with Crippen LogP contribution in [0.3, 0.4) is 0 Å². The van der Waals surface area contributed by atoms with Crippen LogP contribution in [-0.4, -0.2) is 18.3 Å².